The van der Waals surface area contributed by atoms with Crippen LogP contribution in [0.1, 0.15) is 29.7 Å². The first-order valence-corrected chi connectivity index (χ1v) is 9.86. The van der Waals surface area contributed by atoms with Crippen LogP contribution < -0.4 is 10.5 Å². The van der Waals surface area contributed by atoms with Crippen molar-refractivity contribution >= 4 is 15.9 Å². The molecule has 0 aliphatic heterocycles. The molecule has 0 heterocycles. The van der Waals surface area contributed by atoms with Gasteiger partial charge in [-0.2, -0.15) is 0 Å². The van der Waals surface area contributed by atoms with Crippen molar-refractivity contribution in [3.05, 3.63) is 65.2 Å². The maximum Gasteiger partial charge on any atom is 0.238 e. The highest BCUT2D eigenvalue weighted by Gasteiger charge is 2.14. The number of hydrogen-bond acceptors (Lipinski definition) is 4. The van der Waals surface area contributed by atoms with Gasteiger partial charge in [-0.3, -0.25) is 9.69 Å². The van der Waals surface area contributed by atoms with Crippen LogP contribution in [0.3, 0.4) is 0 Å². The average molecular weight is 375 g/mol. The van der Waals surface area contributed by atoms with E-state index < -0.39 is 10.0 Å². The van der Waals surface area contributed by atoms with Gasteiger partial charge < -0.3 is 5.32 Å². The molecule has 7 heteroatoms. The highest BCUT2D eigenvalue weighted by Crippen LogP contribution is 2.15. The van der Waals surface area contributed by atoms with Crippen molar-refractivity contribution in [1.29, 1.82) is 0 Å². The zero-order chi connectivity index (χ0) is 19.3. The fourth-order valence-corrected chi connectivity index (χ4v) is 3.21. The van der Waals surface area contributed by atoms with Gasteiger partial charge in [-0.25, -0.2) is 13.6 Å². The lowest BCUT2D eigenvalue weighted by atomic mass is 10.1. The third kappa shape index (κ3) is 5.66. The Hall–Kier alpha value is -2.22. The van der Waals surface area contributed by atoms with Gasteiger partial charge in [0, 0.05) is 6.54 Å². The lowest BCUT2D eigenvalue weighted by molar-refractivity contribution is -0.122. The van der Waals surface area contributed by atoms with Gasteiger partial charge in [0.05, 0.1) is 17.5 Å². The standard InChI is InChI=1S/C19H25N3O3S/c1-14-6-4-5-7-17(14)12-22(3)13-19(23)21-15(2)16-8-10-18(11-9-16)26(20,24)25/h4-11,15H,12-13H2,1-3H3,(H,21,23)(H2,20,24,25)/t15-/m0/s1. The number of amides is 1. The van der Waals surface area contributed by atoms with E-state index in [1.54, 1.807) is 12.1 Å². The van der Waals surface area contributed by atoms with Crippen LogP contribution in [0.25, 0.3) is 0 Å². The molecule has 0 saturated carbocycles. The van der Waals surface area contributed by atoms with Crippen molar-refractivity contribution in [2.24, 2.45) is 5.14 Å². The molecule has 0 aliphatic carbocycles. The van der Waals surface area contributed by atoms with E-state index in [0.717, 1.165) is 5.56 Å². The summed E-state index contributed by atoms with van der Waals surface area (Å²) in [6, 6.07) is 14.1. The van der Waals surface area contributed by atoms with Crippen molar-refractivity contribution in [1.82, 2.24) is 10.2 Å². The molecule has 140 valence electrons. The highest BCUT2D eigenvalue weighted by atomic mass is 32.2. The summed E-state index contributed by atoms with van der Waals surface area (Å²) in [4.78, 5) is 14.3. The van der Waals surface area contributed by atoms with Crippen molar-refractivity contribution < 1.29 is 13.2 Å². The SMILES string of the molecule is Cc1ccccc1CN(C)CC(=O)N[C@@H](C)c1ccc(S(N)(=O)=O)cc1. The third-order valence-corrected chi connectivity index (χ3v) is 5.13. The second kappa shape index (κ2) is 8.44. The van der Waals surface area contributed by atoms with Crippen LogP contribution in [0.4, 0.5) is 0 Å². The molecule has 6 nitrogen and oxygen atoms in total. The molecule has 0 aliphatic rings. The second-order valence-corrected chi connectivity index (χ2v) is 8.06. The molecule has 0 radical (unpaired) electrons. The number of nitrogens with zero attached hydrogens (tertiary/aromatic N) is 1. The van der Waals surface area contributed by atoms with Gasteiger partial charge in [0.15, 0.2) is 0 Å². The van der Waals surface area contributed by atoms with E-state index in [0.29, 0.717) is 6.54 Å². The summed E-state index contributed by atoms with van der Waals surface area (Å²) in [6.45, 7) is 4.87. The molecular formula is C19H25N3O3S. The molecule has 0 bridgehead atoms. The number of rotatable bonds is 7. The lowest BCUT2D eigenvalue weighted by Gasteiger charge is -2.20. The van der Waals surface area contributed by atoms with E-state index in [1.807, 2.05) is 31.0 Å². The van der Waals surface area contributed by atoms with Gasteiger partial charge in [-0.05, 0) is 49.7 Å². The quantitative estimate of drug-likeness (QED) is 0.774. The predicted molar refractivity (Wildman–Crippen MR) is 102 cm³/mol. The second-order valence-electron chi connectivity index (χ2n) is 6.50. The maximum absolute atomic E-state index is 12.3. The number of benzene rings is 2. The topological polar surface area (TPSA) is 92.5 Å². The van der Waals surface area contributed by atoms with Gasteiger partial charge >= 0.3 is 0 Å². The van der Waals surface area contributed by atoms with Crippen molar-refractivity contribution in [3.8, 4) is 0 Å². The van der Waals surface area contributed by atoms with Crippen molar-refractivity contribution in [2.75, 3.05) is 13.6 Å². The maximum atomic E-state index is 12.3. The first-order chi connectivity index (χ1) is 12.2. The molecule has 1 amide bonds. The van der Waals surface area contributed by atoms with E-state index in [-0.39, 0.29) is 23.4 Å². The van der Waals surface area contributed by atoms with Crippen molar-refractivity contribution in [2.45, 2.75) is 31.3 Å². The van der Waals surface area contributed by atoms with Crippen LogP contribution >= 0.6 is 0 Å². The number of likely N-dealkylation sites (N-methyl/N-ethyl adjacent to an activating group) is 1. The van der Waals surface area contributed by atoms with Crippen LogP contribution in [0, 0.1) is 6.92 Å². The van der Waals surface area contributed by atoms with Gasteiger partial charge in [-0.1, -0.05) is 36.4 Å². The first-order valence-electron chi connectivity index (χ1n) is 8.32. The smallest absolute Gasteiger partial charge is 0.238 e. The van der Waals surface area contributed by atoms with Crippen LogP contribution in [0.5, 0.6) is 0 Å². The molecule has 0 fully saturated rings. The normalized spacial score (nSPS) is 12.8. The third-order valence-electron chi connectivity index (χ3n) is 4.20. The summed E-state index contributed by atoms with van der Waals surface area (Å²) in [5, 5.41) is 8.01. The summed E-state index contributed by atoms with van der Waals surface area (Å²) in [6.07, 6.45) is 0. The molecule has 2 aromatic rings. The zero-order valence-electron chi connectivity index (χ0n) is 15.3. The Morgan fingerprint density at radius 2 is 1.77 bits per heavy atom. The highest BCUT2D eigenvalue weighted by molar-refractivity contribution is 7.89. The number of nitrogens with one attached hydrogen (secondary N) is 1. The minimum Gasteiger partial charge on any atom is -0.348 e. The first kappa shape index (κ1) is 20.1. The Balaban J connectivity index is 1.91. The Morgan fingerprint density at radius 3 is 2.35 bits per heavy atom. The number of carbonyl (C=O) groups is 1. The van der Waals surface area contributed by atoms with E-state index in [1.165, 1.54) is 23.3 Å². The number of carbonyl (C=O) groups excluding carboxylic acids is 1. The molecule has 0 saturated heterocycles. The molecule has 26 heavy (non-hydrogen) atoms. The Bertz CT molecular complexity index is 864. The van der Waals surface area contributed by atoms with Gasteiger partial charge in [-0.15, -0.1) is 0 Å². The van der Waals surface area contributed by atoms with E-state index >= 15 is 0 Å². The van der Waals surface area contributed by atoms with Gasteiger partial charge in [0.1, 0.15) is 0 Å². The number of primary sulfonamides is 1. The molecule has 0 aromatic heterocycles. The van der Waals surface area contributed by atoms with Crippen LogP contribution in [-0.4, -0.2) is 32.8 Å². The molecule has 2 aromatic carbocycles. The monoisotopic (exact) mass is 375 g/mol. The zero-order valence-corrected chi connectivity index (χ0v) is 16.1. The largest absolute Gasteiger partial charge is 0.348 e. The molecule has 2 rings (SSSR count). The summed E-state index contributed by atoms with van der Waals surface area (Å²) >= 11 is 0. The van der Waals surface area contributed by atoms with Crippen LogP contribution in [-0.2, 0) is 21.4 Å². The van der Waals surface area contributed by atoms with E-state index in [4.69, 9.17) is 5.14 Å². The molecular weight excluding hydrogens is 350 g/mol. The predicted octanol–water partition coefficient (Wildman–Crippen LogP) is 1.95. The average Bonchev–Trinajstić information content (AvgIpc) is 2.56. The van der Waals surface area contributed by atoms with E-state index in [2.05, 4.69) is 24.4 Å². The summed E-state index contributed by atoms with van der Waals surface area (Å²) < 4.78 is 22.6. The Morgan fingerprint density at radius 1 is 1.15 bits per heavy atom. The number of hydrogen-bond donors (Lipinski definition) is 2. The molecule has 1 atom stereocenters. The molecule has 3 N–H and O–H groups in total. The molecule has 0 unspecified atom stereocenters. The summed E-state index contributed by atoms with van der Waals surface area (Å²) in [5.41, 5.74) is 3.20. The molecule has 0 spiro atoms. The van der Waals surface area contributed by atoms with E-state index in [9.17, 15) is 13.2 Å². The fraction of sp³-hybridized carbons (Fsp3) is 0.316. The Kier molecular flexibility index (Phi) is 6.52. The number of nitrogens with two attached hydrogens (primary N) is 1. The van der Waals surface area contributed by atoms with Gasteiger partial charge in [0.25, 0.3) is 0 Å². The summed E-state index contributed by atoms with van der Waals surface area (Å²) in [5.74, 6) is -0.0934. The van der Waals surface area contributed by atoms with Crippen LogP contribution in [0.15, 0.2) is 53.4 Å². The minimum atomic E-state index is -3.71. The lowest BCUT2D eigenvalue weighted by Crippen LogP contribution is -2.36. The Labute approximate surface area is 155 Å². The van der Waals surface area contributed by atoms with Crippen LogP contribution in [0.2, 0.25) is 0 Å². The summed E-state index contributed by atoms with van der Waals surface area (Å²) in [7, 11) is -1.81. The fourth-order valence-electron chi connectivity index (χ4n) is 2.70. The van der Waals surface area contributed by atoms with Crippen molar-refractivity contribution in [3.63, 3.8) is 0 Å². The van der Waals surface area contributed by atoms with Gasteiger partial charge in [0.2, 0.25) is 15.9 Å². The number of sulfonamides is 1. The number of aryl methyl sites for hydroxylation is 1. The minimum absolute atomic E-state index is 0.0535.